The number of carbonyl (C=O) groups is 1. The van der Waals surface area contributed by atoms with E-state index in [0.717, 1.165) is 27.1 Å². The van der Waals surface area contributed by atoms with Crippen LogP contribution in [0.1, 0.15) is 5.56 Å². The van der Waals surface area contributed by atoms with Gasteiger partial charge in [0, 0.05) is 10.8 Å². The lowest BCUT2D eigenvalue weighted by Gasteiger charge is -2.05. The predicted octanol–water partition coefficient (Wildman–Crippen LogP) is 4.33. The van der Waals surface area contributed by atoms with Crippen LogP contribution in [0.2, 0.25) is 5.02 Å². The average molecular weight is 339 g/mol. The molecule has 2 rings (SSSR count). The predicted molar refractivity (Wildman–Crippen MR) is 92.3 cm³/mol. The third kappa shape index (κ3) is 5.61. The highest BCUT2D eigenvalue weighted by molar-refractivity contribution is 7.99. The maximum atomic E-state index is 11.8. The van der Waals surface area contributed by atoms with Gasteiger partial charge in [0.05, 0.1) is 22.7 Å². The van der Waals surface area contributed by atoms with Crippen LogP contribution >= 0.6 is 35.1 Å². The van der Waals surface area contributed by atoms with Crippen LogP contribution in [0.25, 0.3) is 0 Å². The van der Waals surface area contributed by atoms with E-state index < -0.39 is 0 Å². The van der Waals surface area contributed by atoms with Crippen LogP contribution in [-0.2, 0) is 10.5 Å². The molecule has 21 heavy (non-hydrogen) atoms. The number of benzene rings is 1. The Labute approximate surface area is 137 Å². The van der Waals surface area contributed by atoms with Crippen molar-refractivity contribution in [1.82, 2.24) is 4.98 Å². The van der Waals surface area contributed by atoms with Crippen LogP contribution in [0.4, 0.5) is 5.69 Å². The molecular weight excluding hydrogens is 324 g/mol. The van der Waals surface area contributed by atoms with Crippen LogP contribution in [-0.4, -0.2) is 22.9 Å². The molecule has 0 aliphatic carbocycles. The molecule has 1 amide bonds. The minimum absolute atomic E-state index is 0.0207. The fourth-order valence-electron chi connectivity index (χ4n) is 1.61. The second-order valence-electron chi connectivity index (χ2n) is 4.26. The summed E-state index contributed by atoms with van der Waals surface area (Å²) in [6.07, 6.45) is 3.64. The van der Waals surface area contributed by atoms with Crippen LogP contribution in [0.5, 0.6) is 0 Å². The van der Waals surface area contributed by atoms with Crippen molar-refractivity contribution in [1.29, 1.82) is 0 Å². The topological polar surface area (TPSA) is 42.0 Å². The summed E-state index contributed by atoms with van der Waals surface area (Å²) in [6.45, 7) is 0. The second kappa shape index (κ2) is 8.32. The number of hydrogen-bond acceptors (Lipinski definition) is 4. The van der Waals surface area contributed by atoms with Crippen LogP contribution in [0.3, 0.4) is 0 Å². The Morgan fingerprint density at radius 2 is 2.00 bits per heavy atom. The van der Waals surface area contributed by atoms with Gasteiger partial charge >= 0.3 is 0 Å². The van der Waals surface area contributed by atoms with E-state index in [1.807, 2.05) is 42.7 Å². The highest BCUT2D eigenvalue weighted by Crippen LogP contribution is 2.17. The Balaban J connectivity index is 1.75. The molecule has 2 aromatic rings. The van der Waals surface area contributed by atoms with Crippen molar-refractivity contribution in [3.8, 4) is 0 Å². The highest BCUT2D eigenvalue weighted by atomic mass is 35.5. The molecule has 0 aliphatic heterocycles. The van der Waals surface area contributed by atoms with E-state index in [0.29, 0.717) is 5.75 Å². The number of pyridine rings is 1. The van der Waals surface area contributed by atoms with Crippen LogP contribution in [0, 0.1) is 0 Å². The van der Waals surface area contributed by atoms with Gasteiger partial charge in [-0.1, -0.05) is 23.7 Å². The van der Waals surface area contributed by atoms with Gasteiger partial charge in [-0.05, 0) is 36.1 Å². The summed E-state index contributed by atoms with van der Waals surface area (Å²) < 4.78 is 0. The minimum Gasteiger partial charge on any atom is -0.324 e. The summed E-state index contributed by atoms with van der Waals surface area (Å²) >= 11 is 8.97. The van der Waals surface area contributed by atoms with Gasteiger partial charge in [0.15, 0.2) is 0 Å². The Morgan fingerprint density at radius 3 is 2.62 bits per heavy atom. The fraction of sp³-hybridized carbons (Fsp3) is 0.200. The second-order valence-corrected chi connectivity index (χ2v) is 6.51. The molecule has 1 aromatic carbocycles. The SMILES string of the molecule is CSc1ccc(NC(=O)CSCc2ccc(Cl)cc2)cn1. The molecule has 0 bridgehead atoms. The van der Waals surface area contributed by atoms with Gasteiger partial charge in [0.2, 0.25) is 5.91 Å². The van der Waals surface area contributed by atoms with E-state index >= 15 is 0 Å². The lowest BCUT2D eigenvalue weighted by molar-refractivity contribution is -0.113. The third-order valence-corrected chi connectivity index (χ3v) is 4.56. The normalized spacial score (nSPS) is 10.4. The Bertz CT molecular complexity index is 588. The number of anilines is 1. The van der Waals surface area contributed by atoms with Crippen LogP contribution < -0.4 is 5.32 Å². The maximum absolute atomic E-state index is 11.8. The van der Waals surface area contributed by atoms with Crippen molar-refractivity contribution < 1.29 is 4.79 Å². The zero-order valence-corrected chi connectivity index (χ0v) is 13.9. The molecule has 0 unspecified atom stereocenters. The third-order valence-electron chi connectivity index (χ3n) is 2.64. The zero-order valence-electron chi connectivity index (χ0n) is 11.5. The largest absolute Gasteiger partial charge is 0.324 e. The van der Waals surface area contributed by atoms with Crippen molar-refractivity contribution in [3.63, 3.8) is 0 Å². The number of nitrogens with zero attached hydrogens (tertiary/aromatic N) is 1. The van der Waals surface area contributed by atoms with Crippen molar-refractivity contribution in [2.45, 2.75) is 10.8 Å². The summed E-state index contributed by atoms with van der Waals surface area (Å²) in [7, 11) is 0. The van der Waals surface area contributed by atoms with Gasteiger partial charge in [0.25, 0.3) is 0 Å². The van der Waals surface area contributed by atoms with Crippen molar-refractivity contribution in [2.24, 2.45) is 0 Å². The molecule has 0 spiro atoms. The van der Waals surface area contributed by atoms with Crippen LogP contribution in [0.15, 0.2) is 47.6 Å². The van der Waals surface area contributed by atoms with E-state index in [9.17, 15) is 4.79 Å². The van der Waals surface area contributed by atoms with E-state index in [4.69, 9.17) is 11.6 Å². The van der Waals surface area contributed by atoms with Gasteiger partial charge in [-0.3, -0.25) is 4.79 Å². The molecule has 3 nitrogen and oxygen atoms in total. The number of hydrogen-bond donors (Lipinski definition) is 1. The van der Waals surface area contributed by atoms with Crippen molar-refractivity contribution >= 4 is 46.7 Å². The standard InChI is InChI=1S/C15H15ClN2OS2/c1-20-15-7-6-13(8-17-15)18-14(19)10-21-9-11-2-4-12(16)5-3-11/h2-8H,9-10H2,1H3,(H,18,19). The molecule has 0 aliphatic rings. The summed E-state index contributed by atoms with van der Waals surface area (Å²) in [5.41, 5.74) is 1.88. The summed E-state index contributed by atoms with van der Waals surface area (Å²) in [5.74, 6) is 1.17. The molecule has 6 heteroatoms. The summed E-state index contributed by atoms with van der Waals surface area (Å²) in [4.78, 5) is 16.0. The Kier molecular flexibility index (Phi) is 6.42. The minimum atomic E-state index is -0.0207. The van der Waals surface area contributed by atoms with E-state index in [2.05, 4.69) is 10.3 Å². The zero-order chi connectivity index (χ0) is 15.1. The molecule has 110 valence electrons. The van der Waals surface area contributed by atoms with E-state index in [1.165, 1.54) is 0 Å². The van der Waals surface area contributed by atoms with Gasteiger partial charge < -0.3 is 5.32 Å². The fourth-order valence-corrected chi connectivity index (χ4v) is 2.89. The molecule has 0 saturated carbocycles. The summed E-state index contributed by atoms with van der Waals surface area (Å²) in [6, 6.07) is 11.4. The van der Waals surface area contributed by atoms with Gasteiger partial charge in [-0.2, -0.15) is 0 Å². The number of rotatable bonds is 6. The molecule has 0 fully saturated rings. The quantitative estimate of drug-likeness (QED) is 0.796. The molecule has 0 radical (unpaired) electrons. The molecule has 1 N–H and O–H groups in total. The highest BCUT2D eigenvalue weighted by Gasteiger charge is 2.04. The number of aromatic nitrogens is 1. The average Bonchev–Trinajstić information content (AvgIpc) is 2.50. The summed E-state index contributed by atoms with van der Waals surface area (Å²) in [5, 5.41) is 4.50. The number of nitrogens with one attached hydrogen (secondary N) is 1. The Hall–Kier alpha value is -1.17. The van der Waals surface area contributed by atoms with Gasteiger partial charge in [-0.25, -0.2) is 4.98 Å². The maximum Gasteiger partial charge on any atom is 0.234 e. The van der Waals surface area contributed by atoms with Crippen molar-refractivity contribution in [3.05, 3.63) is 53.2 Å². The van der Waals surface area contributed by atoms with E-state index in [-0.39, 0.29) is 5.91 Å². The molecule has 1 aromatic heterocycles. The van der Waals surface area contributed by atoms with E-state index in [1.54, 1.807) is 29.7 Å². The Morgan fingerprint density at radius 1 is 1.24 bits per heavy atom. The lowest BCUT2D eigenvalue weighted by atomic mass is 10.2. The monoisotopic (exact) mass is 338 g/mol. The van der Waals surface area contributed by atoms with Crippen molar-refractivity contribution in [2.75, 3.05) is 17.3 Å². The lowest BCUT2D eigenvalue weighted by Crippen LogP contribution is -2.14. The first-order chi connectivity index (χ1) is 10.2. The smallest absolute Gasteiger partial charge is 0.234 e. The molecule has 0 atom stereocenters. The van der Waals surface area contributed by atoms with Gasteiger partial charge in [-0.15, -0.1) is 23.5 Å². The first kappa shape index (κ1) is 16.2. The first-order valence-electron chi connectivity index (χ1n) is 6.29. The number of amides is 1. The molecular formula is C15H15ClN2OS2. The number of thioether (sulfide) groups is 2. The van der Waals surface area contributed by atoms with Gasteiger partial charge in [0.1, 0.15) is 0 Å². The molecule has 0 saturated heterocycles. The number of halogens is 1. The number of carbonyl (C=O) groups excluding carboxylic acids is 1. The molecule has 1 heterocycles. The first-order valence-corrected chi connectivity index (χ1v) is 9.05.